The van der Waals surface area contributed by atoms with E-state index in [1.807, 2.05) is 6.92 Å². The van der Waals surface area contributed by atoms with E-state index >= 15 is 0 Å². The maximum atomic E-state index is 13.7. The number of nitrogens with one attached hydrogen (secondary N) is 2. The molecule has 0 aliphatic carbocycles. The number of rotatable bonds is 5. The van der Waals surface area contributed by atoms with Crippen molar-refractivity contribution in [3.05, 3.63) is 29.6 Å². The van der Waals surface area contributed by atoms with Gasteiger partial charge in [-0.25, -0.2) is 4.39 Å². The van der Waals surface area contributed by atoms with Gasteiger partial charge in [-0.1, -0.05) is 22.6 Å². The number of amides is 1. The lowest BCUT2D eigenvalue weighted by atomic mass is 10.1. The molecule has 0 bridgehead atoms. The molecule has 0 saturated carbocycles. The number of carbonyl (C=O) groups excluding carboxylic acids is 1. The van der Waals surface area contributed by atoms with Crippen molar-refractivity contribution in [2.75, 3.05) is 17.2 Å². The number of carbonyl (C=O) groups is 1. The Labute approximate surface area is 113 Å². The Hall–Kier alpha value is -2.09. The van der Waals surface area contributed by atoms with Gasteiger partial charge in [-0.3, -0.25) is 10.1 Å². The van der Waals surface area contributed by atoms with E-state index in [-0.39, 0.29) is 16.4 Å². The fourth-order valence-electron chi connectivity index (χ4n) is 1.49. The summed E-state index contributed by atoms with van der Waals surface area (Å²) in [6.07, 6.45) is 0.829. The van der Waals surface area contributed by atoms with Crippen LogP contribution in [0.15, 0.2) is 18.2 Å². The van der Waals surface area contributed by atoms with E-state index in [4.69, 9.17) is 0 Å². The first-order chi connectivity index (χ1) is 9.22. The summed E-state index contributed by atoms with van der Waals surface area (Å²) >= 11 is 0.956. The Morgan fingerprint density at radius 2 is 2.32 bits per heavy atom. The van der Waals surface area contributed by atoms with Gasteiger partial charge in [-0.2, -0.15) is 0 Å². The summed E-state index contributed by atoms with van der Waals surface area (Å²) in [5.41, 5.74) is 0.419. The maximum absolute atomic E-state index is 13.7. The van der Waals surface area contributed by atoms with Crippen molar-refractivity contribution in [3.8, 4) is 0 Å². The van der Waals surface area contributed by atoms with Crippen LogP contribution in [-0.4, -0.2) is 27.3 Å². The SMILES string of the molecule is CCCNc1c(F)cccc1C(=O)Nc1nnns1. The normalized spacial score (nSPS) is 10.2. The van der Waals surface area contributed by atoms with Crippen molar-refractivity contribution in [1.29, 1.82) is 0 Å². The van der Waals surface area contributed by atoms with Gasteiger partial charge in [-0.05, 0) is 23.8 Å². The van der Waals surface area contributed by atoms with Gasteiger partial charge in [0, 0.05) is 18.1 Å². The zero-order chi connectivity index (χ0) is 13.7. The lowest BCUT2D eigenvalue weighted by molar-refractivity contribution is 0.102. The molecule has 0 unspecified atom stereocenters. The minimum absolute atomic E-state index is 0.194. The molecular weight excluding hydrogens is 269 g/mol. The van der Waals surface area contributed by atoms with Crippen molar-refractivity contribution in [2.24, 2.45) is 0 Å². The smallest absolute Gasteiger partial charge is 0.259 e. The van der Waals surface area contributed by atoms with Gasteiger partial charge in [0.2, 0.25) is 5.13 Å². The number of hydrogen-bond donors (Lipinski definition) is 2. The van der Waals surface area contributed by atoms with Gasteiger partial charge in [0.15, 0.2) is 0 Å². The predicted octanol–water partition coefficient (Wildman–Crippen LogP) is 2.15. The number of para-hydroxylation sites is 1. The topological polar surface area (TPSA) is 79.8 Å². The Morgan fingerprint density at radius 1 is 1.47 bits per heavy atom. The van der Waals surface area contributed by atoms with Crippen LogP contribution in [0.4, 0.5) is 15.2 Å². The highest BCUT2D eigenvalue weighted by Crippen LogP contribution is 2.21. The van der Waals surface area contributed by atoms with Gasteiger partial charge in [0.25, 0.3) is 5.91 Å². The molecule has 100 valence electrons. The standard InChI is InChI=1S/C11H12FN5OS/c1-2-6-13-9-7(4-3-5-8(9)12)10(18)14-11-15-16-17-19-11/h3-5,13H,2,6H2,1H3,(H,14,15,17,18). The van der Waals surface area contributed by atoms with Crippen LogP contribution in [0.2, 0.25) is 0 Å². The number of hydrogen-bond acceptors (Lipinski definition) is 6. The molecule has 1 amide bonds. The molecule has 0 saturated heterocycles. The quantitative estimate of drug-likeness (QED) is 0.877. The zero-order valence-corrected chi connectivity index (χ0v) is 11.0. The fraction of sp³-hybridized carbons (Fsp3) is 0.273. The Bertz CT molecular complexity index is 560. The molecule has 19 heavy (non-hydrogen) atoms. The lowest BCUT2D eigenvalue weighted by Gasteiger charge is -2.11. The Balaban J connectivity index is 2.22. The summed E-state index contributed by atoms with van der Waals surface area (Å²) in [4.78, 5) is 12.0. The molecule has 1 aromatic heterocycles. The Kier molecular flexibility index (Phi) is 4.35. The molecule has 1 aromatic carbocycles. The van der Waals surface area contributed by atoms with Gasteiger partial charge < -0.3 is 5.32 Å². The van der Waals surface area contributed by atoms with E-state index in [1.54, 1.807) is 6.07 Å². The van der Waals surface area contributed by atoms with E-state index in [0.717, 1.165) is 18.0 Å². The summed E-state index contributed by atoms with van der Waals surface area (Å²) in [6.45, 7) is 2.54. The number of benzene rings is 1. The molecule has 8 heteroatoms. The van der Waals surface area contributed by atoms with E-state index in [0.29, 0.717) is 6.54 Å². The summed E-state index contributed by atoms with van der Waals surface area (Å²) in [5, 5.41) is 12.7. The van der Waals surface area contributed by atoms with Crippen LogP contribution in [0.3, 0.4) is 0 Å². The maximum Gasteiger partial charge on any atom is 0.259 e. The van der Waals surface area contributed by atoms with Crippen LogP contribution in [0, 0.1) is 5.82 Å². The van der Waals surface area contributed by atoms with Crippen molar-refractivity contribution >= 4 is 28.3 Å². The average molecular weight is 281 g/mol. The number of halogens is 1. The van der Waals surface area contributed by atoms with Crippen molar-refractivity contribution < 1.29 is 9.18 Å². The largest absolute Gasteiger partial charge is 0.382 e. The average Bonchev–Trinajstić information content (AvgIpc) is 2.90. The van der Waals surface area contributed by atoms with Crippen molar-refractivity contribution in [1.82, 2.24) is 14.8 Å². The third-order valence-electron chi connectivity index (χ3n) is 2.33. The molecule has 0 atom stereocenters. The highest BCUT2D eigenvalue weighted by molar-refractivity contribution is 7.09. The van der Waals surface area contributed by atoms with Crippen LogP contribution in [0.5, 0.6) is 0 Å². The number of anilines is 2. The fourth-order valence-corrected chi connectivity index (χ4v) is 1.85. The number of nitrogens with zero attached hydrogens (tertiary/aromatic N) is 3. The first kappa shape index (κ1) is 13.3. The molecule has 1 heterocycles. The first-order valence-corrected chi connectivity index (χ1v) is 6.48. The molecule has 6 nitrogen and oxygen atoms in total. The van der Waals surface area contributed by atoms with Gasteiger partial charge in [0.05, 0.1) is 11.3 Å². The summed E-state index contributed by atoms with van der Waals surface area (Å²) in [7, 11) is 0. The lowest BCUT2D eigenvalue weighted by Crippen LogP contribution is -2.16. The second-order valence-electron chi connectivity index (χ2n) is 3.71. The van der Waals surface area contributed by atoms with Crippen LogP contribution in [0.1, 0.15) is 23.7 Å². The first-order valence-electron chi connectivity index (χ1n) is 5.71. The van der Waals surface area contributed by atoms with Crippen molar-refractivity contribution in [3.63, 3.8) is 0 Å². The summed E-state index contributed by atoms with van der Waals surface area (Å²) in [6, 6.07) is 4.34. The summed E-state index contributed by atoms with van der Waals surface area (Å²) in [5.74, 6) is -0.909. The van der Waals surface area contributed by atoms with Crippen molar-refractivity contribution in [2.45, 2.75) is 13.3 Å². The second-order valence-corrected chi connectivity index (χ2v) is 4.44. The number of aromatic nitrogens is 3. The molecule has 0 aliphatic rings. The third kappa shape index (κ3) is 3.22. The molecule has 0 spiro atoms. The van der Waals surface area contributed by atoms with E-state index in [1.165, 1.54) is 12.1 Å². The summed E-state index contributed by atoms with van der Waals surface area (Å²) < 4.78 is 17.3. The predicted molar refractivity (Wildman–Crippen MR) is 70.8 cm³/mol. The van der Waals surface area contributed by atoms with E-state index < -0.39 is 11.7 Å². The van der Waals surface area contributed by atoms with Gasteiger partial charge >= 0.3 is 0 Å². The molecule has 2 N–H and O–H groups in total. The molecule has 2 rings (SSSR count). The van der Waals surface area contributed by atoms with Crippen LogP contribution >= 0.6 is 11.5 Å². The molecule has 2 aromatic rings. The van der Waals surface area contributed by atoms with Crippen LogP contribution in [-0.2, 0) is 0 Å². The molecule has 0 radical (unpaired) electrons. The molecule has 0 aliphatic heterocycles. The molecular formula is C11H12FN5OS. The minimum atomic E-state index is -0.462. The minimum Gasteiger partial charge on any atom is -0.382 e. The van der Waals surface area contributed by atoms with Crippen LogP contribution < -0.4 is 10.6 Å². The van der Waals surface area contributed by atoms with Gasteiger partial charge in [0.1, 0.15) is 5.82 Å². The molecule has 0 fully saturated rings. The third-order valence-corrected chi connectivity index (χ3v) is 2.84. The Morgan fingerprint density at radius 3 is 3.00 bits per heavy atom. The van der Waals surface area contributed by atoms with E-state index in [9.17, 15) is 9.18 Å². The zero-order valence-electron chi connectivity index (χ0n) is 10.2. The van der Waals surface area contributed by atoms with Gasteiger partial charge in [-0.15, -0.1) is 0 Å². The monoisotopic (exact) mass is 281 g/mol. The highest BCUT2D eigenvalue weighted by Gasteiger charge is 2.16. The highest BCUT2D eigenvalue weighted by atomic mass is 32.1. The van der Waals surface area contributed by atoms with Crippen LogP contribution in [0.25, 0.3) is 0 Å². The second kappa shape index (κ2) is 6.19. The van der Waals surface area contributed by atoms with E-state index in [2.05, 4.69) is 25.4 Å².